The lowest BCUT2D eigenvalue weighted by Gasteiger charge is -2.40. The number of piperidine rings is 1. The Morgan fingerprint density at radius 2 is 1.85 bits per heavy atom. The fourth-order valence-corrected chi connectivity index (χ4v) is 3.12. The Morgan fingerprint density at radius 1 is 1.15 bits per heavy atom. The van der Waals surface area contributed by atoms with Crippen LogP contribution >= 0.6 is 12.4 Å². The van der Waals surface area contributed by atoms with Crippen molar-refractivity contribution in [2.45, 2.75) is 25.3 Å². The van der Waals surface area contributed by atoms with E-state index in [2.05, 4.69) is 22.2 Å². The Kier molecular flexibility index (Phi) is 7.80. The summed E-state index contributed by atoms with van der Waals surface area (Å²) in [7, 11) is 4.07. The molecule has 1 unspecified atom stereocenters. The second-order valence-electron chi connectivity index (χ2n) is 5.84. The van der Waals surface area contributed by atoms with Gasteiger partial charge in [-0.1, -0.05) is 6.42 Å². The number of piperazine rings is 1. The van der Waals surface area contributed by atoms with Crippen molar-refractivity contribution in [2.75, 3.05) is 59.9 Å². The number of rotatable bonds is 4. The molecule has 2 heterocycles. The SMILES string of the molecule is CNCC(=O)N1CCN(CC2CCCCN2C)CC1.Cl. The van der Waals surface area contributed by atoms with Crippen LogP contribution in [0.4, 0.5) is 0 Å². The maximum absolute atomic E-state index is 11.8. The first-order valence-electron chi connectivity index (χ1n) is 7.55. The molecule has 0 aliphatic carbocycles. The maximum atomic E-state index is 11.8. The number of nitrogens with one attached hydrogen (secondary N) is 1. The highest BCUT2D eigenvalue weighted by Crippen LogP contribution is 2.16. The molecule has 1 N–H and O–H groups in total. The van der Waals surface area contributed by atoms with Crippen molar-refractivity contribution in [1.29, 1.82) is 0 Å². The van der Waals surface area contributed by atoms with Crippen molar-refractivity contribution >= 4 is 18.3 Å². The largest absolute Gasteiger partial charge is 0.339 e. The van der Waals surface area contributed by atoms with Crippen LogP contribution in [0.15, 0.2) is 0 Å². The first-order chi connectivity index (χ1) is 9.20. The molecule has 2 fully saturated rings. The van der Waals surface area contributed by atoms with E-state index in [1.54, 1.807) is 0 Å². The third-order valence-corrected chi connectivity index (χ3v) is 4.44. The highest BCUT2D eigenvalue weighted by molar-refractivity contribution is 5.85. The van der Waals surface area contributed by atoms with Gasteiger partial charge in [-0.15, -0.1) is 12.4 Å². The molecule has 2 aliphatic heterocycles. The number of likely N-dealkylation sites (N-methyl/N-ethyl adjacent to an activating group) is 2. The van der Waals surface area contributed by atoms with Gasteiger partial charge in [0, 0.05) is 38.8 Å². The first kappa shape index (κ1) is 17.7. The number of carbonyl (C=O) groups is 1. The number of hydrogen-bond donors (Lipinski definition) is 1. The van der Waals surface area contributed by atoms with E-state index in [0.29, 0.717) is 12.6 Å². The fraction of sp³-hybridized carbons (Fsp3) is 0.929. The molecule has 5 nitrogen and oxygen atoms in total. The van der Waals surface area contributed by atoms with E-state index in [1.807, 2.05) is 11.9 Å². The Hall–Kier alpha value is -0.360. The van der Waals surface area contributed by atoms with Crippen LogP contribution in [0.3, 0.4) is 0 Å². The van der Waals surface area contributed by atoms with Crippen molar-refractivity contribution in [3.05, 3.63) is 0 Å². The van der Waals surface area contributed by atoms with E-state index >= 15 is 0 Å². The van der Waals surface area contributed by atoms with Crippen LogP contribution in [0, 0.1) is 0 Å². The number of carbonyl (C=O) groups excluding carboxylic acids is 1. The molecule has 0 saturated carbocycles. The molecule has 0 aromatic rings. The minimum Gasteiger partial charge on any atom is -0.339 e. The fourth-order valence-electron chi connectivity index (χ4n) is 3.12. The van der Waals surface area contributed by atoms with Gasteiger partial charge in [0.1, 0.15) is 0 Å². The zero-order valence-electron chi connectivity index (χ0n) is 12.8. The quantitative estimate of drug-likeness (QED) is 0.808. The summed E-state index contributed by atoms with van der Waals surface area (Å²) in [5, 5.41) is 2.94. The van der Waals surface area contributed by atoms with E-state index in [1.165, 1.54) is 32.4 Å². The van der Waals surface area contributed by atoms with Crippen LogP contribution in [0.1, 0.15) is 19.3 Å². The third-order valence-electron chi connectivity index (χ3n) is 4.44. The van der Waals surface area contributed by atoms with Gasteiger partial charge in [-0.3, -0.25) is 9.69 Å². The first-order valence-corrected chi connectivity index (χ1v) is 7.55. The number of halogens is 1. The zero-order chi connectivity index (χ0) is 13.7. The van der Waals surface area contributed by atoms with Gasteiger partial charge in [-0.2, -0.15) is 0 Å². The summed E-state index contributed by atoms with van der Waals surface area (Å²) in [4.78, 5) is 18.8. The zero-order valence-corrected chi connectivity index (χ0v) is 13.6. The standard InChI is InChI=1S/C14H28N4O.ClH/c1-15-11-14(19)18-9-7-17(8-10-18)12-13-5-3-4-6-16(13)2;/h13,15H,3-12H2,1-2H3;1H. The van der Waals surface area contributed by atoms with Crippen molar-refractivity contribution in [2.24, 2.45) is 0 Å². The Balaban J connectivity index is 0.00000200. The summed E-state index contributed by atoms with van der Waals surface area (Å²) < 4.78 is 0. The molecule has 118 valence electrons. The molecule has 0 aromatic carbocycles. The lowest BCUT2D eigenvalue weighted by molar-refractivity contribution is -0.132. The average Bonchev–Trinajstić information content (AvgIpc) is 2.42. The monoisotopic (exact) mass is 304 g/mol. The van der Waals surface area contributed by atoms with E-state index in [4.69, 9.17) is 0 Å². The molecule has 0 radical (unpaired) electrons. The summed E-state index contributed by atoms with van der Waals surface area (Å²) in [6.07, 6.45) is 4.05. The molecular formula is C14H29ClN4O. The van der Waals surface area contributed by atoms with E-state index in [0.717, 1.165) is 26.2 Å². The molecule has 0 aromatic heterocycles. The Labute approximate surface area is 129 Å². The van der Waals surface area contributed by atoms with Gasteiger partial charge in [0.25, 0.3) is 0 Å². The van der Waals surface area contributed by atoms with E-state index in [9.17, 15) is 4.79 Å². The minimum atomic E-state index is 0. The normalized spacial score (nSPS) is 25.3. The minimum absolute atomic E-state index is 0. The van der Waals surface area contributed by atoms with Gasteiger partial charge in [-0.25, -0.2) is 0 Å². The van der Waals surface area contributed by atoms with Gasteiger partial charge in [0.05, 0.1) is 6.54 Å². The molecule has 0 spiro atoms. The topological polar surface area (TPSA) is 38.8 Å². The second kappa shape index (κ2) is 8.82. The van der Waals surface area contributed by atoms with Gasteiger partial charge < -0.3 is 15.1 Å². The lowest BCUT2D eigenvalue weighted by atomic mass is 10.0. The van der Waals surface area contributed by atoms with Gasteiger partial charge >= 0.3 is 0 Å². The predicted octanol–water partition coefficient (Wildman–Crippen LogP) is 0.256. The smallest absolute Gasteiger partial charge is 0.236 e. The molecule has 1 amide bonds. The molecule has 1 atom stereocenters. The summed E-state index contributed by atoms with van der Waals surface area (Å²) >= 11 is 0. The van der Waals surface area contributed by atoms with Gasteiger partial charge in [0.15, 0.2) is 0 Å². The number of hydrogen-bond acceptors (Lipinski definition) is 4. The van der Waals surface area contributed by atoms with Crippen LogP contribution in [0.5, 0.6) is 0 Å². The highest BCUT2D eigenvalue weighted by atomic mass is 35.5. The van der Waals surface area contributed by atoms with Crippen LogP contribution in [0.25, 0.3) is 0 Å². The molecule has 2 rings (SSSR count). The van der Waals surface area contributed by atoms with Crippen LogP contribution in [0.2, 0.25) is 0 Å². The molecule has 20 heavy (non-hydrogen) atoms. The molecule has 2 aliphatic rings. The van der Waals surface area contributed by atoms with Gasteiger partial charge in [-0.05, 0) is 33.5 Å². The van der Waals surface area contributed by atoms with E-state index in [-0.39, 0.29) is 18.3 Å². The van der Waals surface area contributed by atoms with Crippen LogP contribution in [-0.4, -0.2) is 86.6 Å². The molecule has 6 heteroatoms. The average molecular weight is 305 g/mol. The summed E-state index contributed by atoms with van der Waals surface area (Å²) in [5.74, 6) is 0.233. The molecule has 0 bridgehead atoms. The van der Waals surface area contributed by atoms with Crippen molar-refractivity contribution in [1.82, 2.24) is 20.0 Å². The van der Waals surface area contributed by atoms with E-state index < -0.39 is 0 Å². The number of likely N-dealkylation sites (tertiary alicyclic amines) is 1. The Bertz CT molecular complexity index is 295. The summed E-state index contributed by atoms with van der Waals surface area (Å²) in [6, 6.07) is 0.716. The molecular weight excluding hydrogens is 276 g/mol. The maximum Gasteiger partial charge on any atom is 0.236 e. The predicted molar refractivity (Wildman–Crippen MR) is 84.5 cm³/mol. The van der Waals surface area contributed by atoms with Crippen LogP contribution < -0.4 is 5.32 Å². The Morgan fingerprint density at radius 3 is 2.45 bits per heavy atom. The lowest BCUT2D eigenvalue weighted by Crippen LogP contribution is -2.54. The van der Waals surface area contributed by atoms with Gasteiger partial charge in [0.2, 0.25) is 5.91 Å². The van der Waals surface area contributed by atoms with Crippen LogP contribution in [-0.2, 0) is 4.79 Å². The second-order valence-corrected chi connectivity index (χ2v) is 5.84. The molecule has 2 saturated heterocycles. The van der Waals surface area contributed by atoms with Crippen molar-refractivity contribution in [3.8, 4) is 0 Å². The third kappa shape index (κ3) is 4.88. The number of nitrogens with zero attached hydrogens (tertiary/aromatic N) is 3. The number of amides is 1. The summed E-state index contributed by atoms with van der Waals surface area (Å²) in [6.45, 7) is 6.70. The van der Waals surface area contributed by atoms with Crippen molar-refractivity contribution < 1.29 is 4.79 Å². The highest BCUT2D eigenvalue weighted by Gasteiger charge is 2.25. The summed E-state index contributed by atoms with van der Waals surface area (Å²) in [5.41, 5.74) is 0. The van der Waals surface area contributed by atoms with Crippen molar-refractivity contribution in [3.63, 3.8) is 0 Å².